The molecule has 1 aliphatic heterocycles. The zero-order valence-electron chi connectivity index (χ0n) is 12.9. The Morgan fingerprint density at radius 3 is 2.85 bits per heavy atom. The summed E-state index contributed by atoms with van der Waals surface area (Å²) in [5.41, 5.74) is 2.39. The van der Waals surface area contributed by atoms with Gasteiger partial charge in [0.1, 0.15) is 5.75 Å². The summed E-state index contributed by atoms with van der Waals surface area (Å²) >= 11 is 0. The Morgan fingerprint density at radius 1 is 1.35 bits per heavy atom. The second-order valence-corrected chi connectivity index (χ2v) is 6.29. The van der Waals surface area contributed by atoms with E-state index < -0.39 is 0 Å². The van der Waals surface area contributed by atoms with E-state index in [0.717, 1.165) is 17.5 Å². The highest BCUT2D eigenvalue weighted by Crippen LogP contribution is 2.35. The van der Waals surface area contributed by atoms with E-state index in [4.69, 9.17) is 4.74 Å². The Bertz CT molecular complexity index is 470. The molecule has 1 saturated carbocycles. The normalized spacial score (nSPS) is 26.8. The maximum absolute atomic E-state index is 5.77. The van der Waals surface area contributed by atoms with Crippen molar-refractivity contribution in [3.63, 3.8) is 0 Å². The van der Waals surface area contributed by atoms with Crippen molar-refractivity contribution in [2.24, 2.45) is 0 Å². The van der Waals surface area contributed by atoms with Crippen molar-refractivity contribution in [1.29, 1.82) is 0 Å². The summed E-state index contributed by atoms with van der Waals surface area (Å²) in [4.78, 5) is 2.67. The van der Waals surface area contributed by atoms with E-state index in [0.29, 0.717) is 18.7 Å². The van der Waals surface area contributed by atoms with E-state index in [1.807, 2.05) is 6.92 Å². The van der Waals surface area contributed by atoms with Crippen LogP contribution < -0.4 is 10.1 Å². The molecule has 2 aliphatic rings. The molecule has 0 bridgehead atoms. The van der Waals surface area contributed by atoms with Crippen LogP contribution in [0.1, 0.15) is 38.7 Å². The monoisotopic (exact) mass is 274 g/mol. The molecule has 2 fully saturated rings. The molecule has 1 N–H and O–H groups in total. The van der Waals surface area contributed by atoms with Crippen LogP contribution in [0.25, 0.3) is 0 Å². The third-order valence-electron chi connectivity index (χ3n) is 4.44. The van der Waals surface area contributed by atoms with Gasteiger partial charge >= 0.3 is 0 Å². The van der Waals surface area contributed by atoms with Crippen LogP contribution in [0.2, 0.25) is 0 Å². The zero-order chi connectivity index (χ0) is 14.1. The van der Waals surface area contributed by atoms with Crippen LogP contribution in [0.3, 0.4) is 0 Å². The van der Waals surface area contributed by atoms with E-state index in [1.54, 1.807) is 0 Å². The Balaban J connectivity index is 1.68. The van der Waals surface area contributed by atoms with Crippen LogP contribution in [0.5, 0.6) is 5.75 Å². The number of hydrogen-bond donors (Lipinski definition) is 1. The molecule has 20 heavy (non-hydrogen) atoms. The summed E-state index contributed by atoms with van der Waals surface area (Å²) in [6, 6.07) is 8.56. The van der Waals surface area contributed by atoms with Gasteiger partial charge < -0.3 is 10.1 Å². The van der Waals surface area contributed by atoms with E-state index in [2.05, 4.69) is 42.3 Å². The topological polar surface area (TPSA) is 24.5 Å². The van der Waals surface area contributed by atoms with Gasteiger partial charge in [0, 0.05) is 24.7 Å². The van der Waals surface area contributed by atoms with Crippen LogP contribution in [0, 0.1) is 6.92 Å². The first-order chi connectivity index (χ1) is 9.67. The van der Waals surface area contributed by atoms with Gasteiger partial charge in [0.25, 0.3) is 0 Å². The molecular weight excluding hydrogens is 248 g/mol. The van der Waals surface area contributed by atoms with Crippen molar-refractivity contribution in [3.05, 3.63) is 23.8 Å². The molecule has 3 heteroatoms. The number of likely N-dealkylation sites (tertiary alicyclic amines) is 1. The van der Waals surface area contributed by atoms with Gasteiger partial charge in [-0.2, -0.15) is 0 Å². The molecule has 0 aromatic heterocycles. The molecule has 2 atom stereocenters. The number of ether oxygens (including phenoxy) is 1. The molecular formula is C17H26N2O. The first kappa shape index (κ1) is 13.7. The van der Waals surface area contributed by atoms with Crippen molar-refractivity contribution in [1.82, 2.24) is 4.90 Å². The fourth-order valence-electron chi connectivity index (χ4n) is 3.32. The summed E-state index contributed by atoms with van der Waals surface area (Å²) in [5, 5.41) is 3.70. The standard InChI is InChI=1S/C17H26N2O/c1-4-20-17-9-12(2)5-8-16(17)18-14-10-13(3)19(11-14)15-6-7-15/h5,8-9,13-15,18H,4,6-7,10-11H2,1-3H3. The van der Waals surface area contributed by atoms with Gasteiger partial charge in [-0.15, -0.1) is 0 Å². The number of nitrogens with one attached hydrogen (secondary N) is 1. The van der Waals surface area contributed by atoms with E-state index in [1.165, 1.54) is 31.4 Å². The van der Waals surface area contributed by atoms with Gasteiger partial charge in [0.05, 0.1) is 12.3 Å². The summed E-state index contributed by atoms with van der Waals surface area (Å²) in [7, 11) is 0. The predicted octanol–water partition coefficient (Wildman–Crippen LogP) is 3.43. The van der Waals surface area contributed by atoms with Gasteiger partial charge in [0.15, 0.2) is 0 Å². The minimum Gasteiger partial charge on any atom is -0.492 e. The average Bonchev–Trinajstić information content (AvgIpc) is 3.18. The van der Waals surface area contributed by atoms with Crippen molar-refractivity contribution < 1.29 is 4.74 Å². The van der Waals surface area contributed by atoms with Crippen LogP contribution in [0.4, 0.5) is 5.69 Å². The van der Waals surface area contributed by atoms with Gasteiger partial charge in [-0.25, -0.2) is 0 Å². The van der Waals surface area contributed by atoms with Gasteiger partial charge in [-0.3, -0.25) is 4.90 Å². The number of anilines is 1. The molecule has 1 aliphatic carbocycles. The van der Waals surface area contributed by atoms with Gasteiger partial charge in [-0.1, -0.05) is 6.07 Å². The molecule has 0 spiro atoms. The predicted molar refractivity (Wildman–Crippen MR) is 83.6 cm³/mol. The zero-order valence-corrected chi connectivity index (χ0v) is 12.9. The molecule has 2 unspecified atom stereocenters. The van der Waals surface area contributed by atoms with Crippen LogP contribution in [-0.2, 0) is 0 Å². The minimum atomic E-state index is 0.549. The van der Waals surface area contributed by atoms with Crippen LogP contribution in [-0.4, -0.2) is 36.2 Å². The lowest BCUT2D eigenvalue weighted by Crippen LogP contribution is -2.31. The summed E-state index contributed by atoms with van der Waals surface area (Å²) < 4.78 is 5.77. The van der Waals surface area contributed by atoms with Gasteiger partial charge in [-0.05, 0) is 57.7 Å². The first-order valence-corrected chi connectivity index (χ1v) is 7.93. The molecule has 0 radical (unpaired) electrons. The van der Waals surface area contributed by atoms with E-state index in [-0.39, 0.29) is 0 Å². The molecule has 0 amide bonds. The highest BCUT2D eigenvalue weighted by atomic mass is 16.5. The van der Waals surface area contributed by atoms with Gasteiger partial charge in [0.2, 0.25) is 0 Å². The Hall–Kier alpha value is -1.22. The van der Waals surface area contributed by atoms with Crippen molar-refractivity contribution >= 4 is 5.69 Å². The third kappa shape index (κ3) is 2.93. The second kappa shape index (κ2) is 5.65. The molecule has 110 valence electrons. The number of hydrogen-bond acceptors (Lipinski definition) is 3. The lowest BCUT2D eigenvalue weighted by atomic mass is 10.1. The van der Waals surface area contributed by atoms with Crippen molar-refractivity contribution in [2.45, 2.75) is 58.2 Å². The largest absolute Gasteiger partial charge is 0.492 e. The Morgan fingerprint density at radius 2 is 2.15 bits per heavy atom. The molecule has 3 rings (SSSR count). The molecule has 1 aromatic rings. The number of aryl methyl sites for hydroxylation is 1. The molecule has 3 nitrogen and oxygen atoms in total. The summed E-state index contributed by atoms with van der Waals surface area (Å²) in [5.74, 6) is 0.991. The number of rotatable bonds is 5. The number of nitrogens with zero attached hydrogens (tertiary/aromatic N) is 1. The molecule has 1 aromatic carbocycles. The average molecular weight is 274 g/mol. The third-order valence-corrected chi connectivity index (χ3v) is 4.44. The quantitative estimate of drug-likeness (QED) is 0.890. The van der Waals surface area contributed by atoms with Crippen molar-refractivity contribution in [2.75, 3.05) is 18.5 Å². The minimum absolute atomic E-state index is 0.549. The highest BCUT2D eigenvalue weighted by Gasteiger charge is 2.38. The SMILES string of the molecule is CCOc1cc(C)ccc1NC1CC(C)N(C2CC2)C1. The summed E-state index contributed by atoms with van der Waals surface area (Å²) in [6.07, 6.45) is 4.02. The van der Waals surface area contributed by atoms with Crippen LogP contribution in [0.15, 0.2) is 18.2 Å². The Kier molecular flexibility index (Phi) is 3.88. The lowest BCUT2D eigenvalue weighted by Gasteiger charge is -2.20. The Labute approximate surface area is 122 Å². The maximum Gasteiger partial charge on any atom is 0.142 e. The fourth-order valence-corrected chi connectivity index (χ4v) is 3.32. The maximum atomic E-state index is 5.77. The number of benzene rings is 1. The second-order valence-electron chi connectivity index (χ2n) is 6.29. The van der Waals surface area contributed by atoms with E-state index >= 15 is 0 Å². The van der Waals surface area contributed by atoms with E-state index in [9.17, 15) is 0 Å². The first-order valence-electron chi connectivity index (χ1n) is 7.93. The molecule has 1 saturated heterocycles. The summed E-state index contributed by atoms with van der Waals surface area (Å²) in [6.45, 7) is 8.40. The molecule has 1 heterocycles. The smallest absolute Gasteiger partial charge is 0.142 e. The van der Waals surface area contributed by atoms with Crippen molar-refractivity contribution in [3.8, 4) is 5.75 Å². The fraction of sp³-hybridized carbons (Fsp3) is 0.647. The lowest BCUT2D eigenvalue weighted by molar-refractivity contribution is 0.257. The highest BCUT2D eigenvalue weighted by molar-refractivity contribution is 5.58. The van der Waals surface area contributed by atoms with Crippen LogP contribution >= 0.6 is 0 Å².